The van der Waals surface area contributed by atoms with Crippen molar-refractivity contribution in [1.82, 2.24) is 15.5 Å². The van der Waals surface area contributed by atoms with Gasteiger partial charge in [-0.2, -0.15) is 0 Å². The fraction of sp³-hybridized carbons (Fsp3) is 0.640. The molecule has 1 aliphatic rings. The monoisotopic (exact) mass is 463 g/mol. The van der Waals surface area contributed by atoms with Crippen LogP contribution in [0, 0.1) is 0 Å². The molecule has 1 unspecified atom stereocenters. The highest BCUT2D eigenvalue weighted by atomic mass is 16.6. The highest BCUT2D eigenvalue weighted by Crippen LogP contribution is 2.37. The van der Waals surface area contributed by atoms with E-state index in [1.54, 1.807) is 6.07 Å². The predicted molar refractivity (Wildman–Crippen MR) is 130 cm³/mol. The number of carbonyl (C=O) groups excluding carboxylic acids is 2. The van der Waals surface area contributed by atoms with Gasteiger partial charge >= 0.3 is 12.1 Å². The fourth-order valence-electron chi connectivity index (χ4n) is 3.98. The maximum atomic E-state index is 12.1. The number of likely N-dealkylation sites (tertiary alicyclic amines) is 1. The lowest BCUT2D eigenvalue weighted by molar-refractivity contribution is -0.137. The highest BCUT2D eigenvalue weighted by Gasteiger charge is 2.33. The van der Waals surface area contributed by atoms with Crippen LogP contribution in [-0.4, -0.2) is 61.2 Å². The molecule has 3 N–H and O–H groups in total. The number of hydrogen-bond donors (Lipinski definition) is 3. The number of benzene rings is 1. The minimum absolute atomic E-state index is 0.0599. The molecule has 0 radical (unpaired) electrons. The van der Waals surface area contributed by atoms with Crippen molar-refractivity contribution < 1.29 is 24.2 Å². The van der Waals surface area contributed by atoms with Crippen LogP contribution in [0.2, 0.25) is 0 Å². The Bertz CT molecular complexity index is 755. The second kappa shape index (κ2) is 15.3. The molecular formula is C25H41N3O5. The van der Waals surface area contributed by atoms with Crippen molar-refractivity contribution in [3.05, 3.63) is 29.8 Å². The van der Waals surface area contributed by atoms with Crippen LogP contribution in [0.1, 0.15) is 71.3 Å². The van der Waals surface area contributed by atoms with Crippen LogP contribution in [0.15, 0.2) is 24.3 Å². The molecular weight excluding hydrogens is 422 g/mol. The summed E-state index contributed by atoms with van der Waals surface area (Å²) in [5, 5.41) is 13.4. The number of amides is 2. The van der Waals surface area contributed by atoms with E-state index in [0.717, 1.165) is 25.9 Å². The molecule has 2 rings (SSSR count). The average Bonchev–Trinajstić information content (AvgIpc) is 2.98. The van der Waals surface area contributed by atoms with Gasteiger partial charge in [0.1, 0.15) is 12.3 Å². The number of nitrogens with zero attached hydrogens (tertiary/aromatic N) is 1. The normalized spacial score (nSPS) is 18.3. The number of nitrogens with one attached hydrogen (secondary N) is 2. The van der Waals surface area contributed by atoms with Crippen molar-refractivity contribution in [2.75, 3.05) is 33.2 Å². The van der Waals surface area contributed by atoms with Gasteiger partial charge < -0.3 is 25.4 Å². The standard InChI is InChI=1S/C22H33N3O5.C3H8/c1-3-22(11-4-5-13-25(2)16-22)17-8-6-9-18(14-17)30-21(29)23-12-7-10-19(26)24-15-20(27)28;1-3-2/h6,8-9,14H,3-5,7,10-13,15-16H2,1-2H3,(H,23,29)(H,24,26)(H,27,28);3H2,1-2H3. The summed E-state index contributed by atoms with van der Waals surface area (Å²) >= 11 is 0. The molecule has 0 saturated carbocycles. The molecule has 0 spiro atoms. The molecule has 1 aromatic rings. The summed E-state index contributed by atoms with van der Waals surface area (Å²) in [6.45, 7) is 8.42. The molecule has 1 aromatic carbocycles. The minimum Gasteiger partial charge on any atom is -0.480 e. The number of rotatable bonds is 9. The zero-order chi connectivity index (χ0) is 24.7. The second-order valence-corrected chi connectivity index (χ2v) is 8.65. The maximum absolute atomic E-state index is 12.1. The zero-order valence-corrected chi connectivity index (χ0v) is 20.6. The van der Waals surface area contributed by atoms with Crippen molar-refractivity contribution >= 4 is 18.0 Å². The molecule has 1 heterocycles. The Morgan fingerprint density at radius 2 is 1.88 bits per heavy atom. The SMILES string of the molecule is CCC.CCC1(c2cccc(OC(=O)NCCCC(=O)NCC(=O)O)c2)CCCCN(C)C1. The Morgan fingerprint density at radius 3 is 2.55 bits per heavy atom. The first-order valence-corrected chi connectivity index (χ1v) is 12.0. The van der Waals surface area contributed by atoms with Crippen LogP contribution in [-0.2, 0) is 15.0 Å². The van der Waals surface area contributed by atoms with E-state index in [-0.39, 0.29) is 24.3 Å². The van der Waals surface area contributed by atoms with Gasteiger partial charge in [-0.1, -0.05) is 45.7 Å². The molecule has 186 valence electrons. The lowest BCUT2D eigenvalue weighted by Crippen LogP contribution is -2.37. The van der Waals surface area contributed by atoms with Crippen LogP contribution in [0.25, 0.3) is 0 Å². The molecule has 8 nitrogen and oxygen atoms in total. The van der Waals surface area contributed by atoms with E-state index in [9.17, 15) is 14.4 Å². The van der Waals surface area contributed by atoms with Crippen molar-refractivity contribution in [3.8, 4) is 5.75 Å². The van der Waals surface area contributed by atoms with Gasteiger partial charge in [-0.15, -0.1) is 0 Å². The molecule has 1 fully saturated rings. The van der Waals surface area contributed by atoms with Crippen LogP contribution in [0.3, 0.4) is 0 Å². The van der Waals surface area contributed by atoms with E-state index in [1.165, 1.54) is 24.8 Å². The first-order valence-electron chi connectivity index (χ1n) is 12.0. The highest BCUT2D eigenvalue weighted by molar-refractivity contribution is 5.81. The van der Waals surface area contributed by atoms with Gasteiger partial charge in [0, 0.05) is 24.9 Å². The van der Waals surface area contributed by atoms with Crippen molar-refractivity contribution in [3.63, 3.8) is 0 Å². The first-order chi connectivity index (χ1) is 15.8. The topological polar surface area (TPSA) is 108 Å². The summed E-state index contributed by atoms with van der Waals surface area (Å²) in [5.41, 5.74) is 1.25. The van der Waals surface area contributed by atoms with E-state index in [1.807, 2.05) is 12.1 Å². The largest absolute Gasteiger partial charge is 0.480 e. The summed E-state index contributed by atoms with van der Waals surface area (Å²) in [4.78, 5) is 36.3. The quantitative estimate of drug-likeness (QED) is 0.479. The molecule has 1 atom stereocenters. The van der Waals surface area contributed by atoms with Gasteiger partial charge in [0.05, 0.1) is 0 Å². The second-order valence-electron chi connectivity index (χ2n) is 8.65. The van der Waals surface area contributed by atoms with E-state index in [0.29, 0.717) is 12.2 Å². The fourth-order valence-corrected chi connectivity index (χ4v) is 3.98. The van der Waals surface area contributed by atoms with Crippen molar-refractivity contribution in [2.45, 2.75) is 71.1 Å². The molecule has 2 amide bonds. The maximum Gasteiger partial charge on any atom is 0.412 e. The number of carboxylic acids is 1. The smallest absolute Gasteiger partial charge is 0.412 e. The molecule has 8 heteroatoms. The lowest BCUT2D eigenvalue weighted by Gasteiger charge is -2.35. The summed E-state index contributed by atoms with van der Waals surface area (Å²) in [6, 6.07) is 7.77. The third kappa shape index (κ3) is 10.7. The molecule has 0 aromatic heterocycles. The summed E-state index contributed by atoms with van der Waals surface area (Å²) < 4.78 is 5.44. The molecule has 0 bridgehead atoms. The van der Waals surface area contributed by atoms with Crippen LogP contribution < -0.4 is 15.4 Å². The molecule has 33 heavy (non-hydrogen) atoms. The Balaban J connectivity index is 0.00000172. The van der Waals surface area contributed by atoms with Gasteiger partial charge in [-0.05, 0) is 57.0 Å². The van der Waals surface area contributed by atoms with E-state index in [2.05, 4.69) is 49.4 Å². The Kier molecular flexibility index (Phi) is 13.1. The molecule has 0 aliphatic carbocycles. The van der Waals surface area contributed by atoms with Crippen molar-refractivity contribution in [1.29, 1.82) is 0 Å². The number of aliphatic carboxylic acids is 1. The average molecular weight is 464 g/mol. The number of hydrogen-bond acceptors (Lipinski definition) is 5. The van der Waals surface area contributed by atoms with Crippen LogP contribution in [0.5, 0.6) is 5.75 Å². The molecule has 1 aliphatic heterocycles. The predicted octanol–water partition coefficient (Wildman–Crippen LogP) is 3.94. The van der Waals surface area contributed by atoms with Crippen LogP contribution >= 0.6 is 0 Å². The number of likely N-dealkylation sites (N-methyl/N-ethyl adjacent to an activating group) is 1. The van der Waals surface area contributed by atoms with Crippen LogP contribution in [0.4, 0.5) is 4.79 Å². The Labute approximate surface area is 198 Å². The van der Waals surface area contributed by atoms with Gasteiger partial charge in [-0.3, -0.25) is 9.59 Å². The molecule has 1 saturated heterocycles. The van der Waals surface area contributed by atoms with E-state index >= 15 is 0 Å². The number of ether oxygens (including phenoxy) is 1. The summed E-state index contributed by atoms with van der Waals surface area (Å²) in [7, 11) is 2.16. The minimum atomic E-state index is -1.09. The van der Waals surface area contributed by atoms with Gasteiger partial charge in [0.15, 0.2) is 0 Å². The summed E-state index contributed by atoms with van der Waals surface area (Å²) in [6.07, 6.45) is 5.74. The van der Waals surface area contributed by atoms with Gasteiger partial charge in [0.2, 0.25) is 5.91 Å². The zero-order valence-electron chi connectivity index (χ0n) is 20.6. The third-order valence-electron chi connectivity index (χ3n) is 5.64. The van der Waals surface area contributed by atoms with Gasteiger partial charge in [0.25, 0.3) is 0 Å². The van der Waals surface area contributed by atoms with E-state index < -0.39 is 18.6 Å². The summed E-state index contributed by atoms with van der Waals surface area (Å²) in [5.74, 6) is -0.949. The van der Waals surface area contributed by atoms with Gasteiger partial charge in [-0.25, -0.2) is 4.79 Å². The Hall–Kier alpha value is -2.61. The van der Waals surface area contributed by atoms with Crippen molar-refractivity contribution in [2.24, 2.45) is 0 Å². The third-order valence-corrected chi connectivity index (χ3v) is 5.64. The number of carboxylic acid groups (broad SMARTS) is 1. The first kappa shape index (κ1) is 28.4. The number of carbonyl (C=O) groups is 3. The Morgan fingerprint density at radius 1 is 1.15 bits per heavy atom. The van der Waals surface area contributed by atoms with E-state index in [4.69, 9.17) is 9.84 Å². The lowest BCUT2D eigenvalue weighted by atomic mass is 9.74.